The molecule has 1 amide bonds. The number of carbonyl (C=O) groups is 1. The summed E-state index contributed by atoms with van der Waals surface area (Å²) in [6.07, 6.45) is -14.8. The lowest BCUT2D eigenvalue weighted by Crippen LogP contribution is -2.54. The minimum Gasteiger partial charge on any atom is -0.267 e. The first-order chi connectivity index (χ1) is 15.0. The number of amides is 1. The van der Waals surface area contributed by atoms with Gasteiger partial charge in [-0.05, 0) is 0 Å². The Hall–Kier alpha value is -2.49. The molecule has 0 saturated heterocycles. The van der Waals surface area contributed by atoms with Crippen LogP contribution >= 0.6 is 0 Å². The van der Waals surface area contributed by atoms with E-state index in [1.54, 1.807) is 0 Å². The molecule has 1 aromatic heterocycles. The monoisotopic (exact) mass is 578 g/mol. The smallest absolute Gasteiger partial charge is 0.267 e. The van der Waals surface area contributed by atoms with Crippen molar-refractivity contribution in [2.24, 2.45) is 0 Å². The number of rotatable bonds is 5. The predicted molar refractivity (Wildman–Crippen MR) is 75.8 cm³/mol. The van der Waals surface area contributed by atoms with Gasteiger partial charge in [-0.25, -0.2) is 13.9 Å². The maximum absolute atomic E-state index is 12.6. The van der Waals surface area contributed by atoms with Crippen LogP contribution in [0.15, 0.2) is 18.7 Å². The molecule has 1 rings (SSSR count). The third-order valence-electron chi connectivity index (χ3n) is 3.08. The average Bonchev–Trinajstić information content (AvgIpc) is 2.95. The second kappa shape index (κ2) is 9.87. The largest absolute Gasteiger partial charge is 0.516 e. The van der Waals surface area contributed by atoms with Gasteiger partial charge >= 0.3 is 51.8 Å². The predicted octanol–water partition coefficient (Wildman–Crippen LogP) is 3.69. The van der Waals surface area contributed by atoms with Crippen LogP contribution in [0.5, 0.6) is 0 Å². The molecule has 0 radical (unpaired) electrons. The van der Waals surface area contributed by atoms with E-state index in [2.05, 4.69) is 0 Å². The molecular weight excluding hydrogens is 570 g/mol. The quantitative estimate of drug-likeness (QED) is 0.429. The number of nitrogens with zero attached hydrogens (tertiary/aromatic N) is 2. The van der Waals surface area contributed by atoms with Gasteiger partial charge in [0.15, 0.2) is 13.1 Å². The van der Waals surface area contributed by atoms with Crippen LogP contribution in [0.25, 0.3) is 0 Å². The van der Waals surface area contributed by atoms with Crippen LogP contribution in [0.3, 0.4) is 0 Å². The molecule has 0 bridgehead atoms. The van der Waals surface area contributed by atoms with E-state index in [-0.39, 0.29) is 0 Å². The number of sulfonamides is 1. The molecule has 0 aliphatic rings. The van der Waals surface area contributed by atoms with Gasteiger partial charge in [-0.15, -0.1) is 0 Å². The molecule has 1 aromatic rings. The second-order valence-electron chi connectivity index (χ2n) is 6.03. The van der Waals surface area contributed by atoms with Crippen LogP contribution in [-0.4, -0.2) is 54.8 Å². The summed E-state index contributed by atoms with van der Waals surface area (Å²) in [6, 6.07) is 0. The van der Waals surface area contributed by atoms with Gasteiger partial charge in [-0.1, -0.05) is 0 Å². The van der Waals surface area contributed by atoms with Crippen molar-refractivity contribution in [1.82, 2.24) is 9.29 Å². The summed E-state index contributed by atoms with van der Waals surface area (Å²) in [5, 5.41) is 0. The summed E-state index contributed by atoms with van der Waals surface area (Å²) in [6.45, 7) is -3.22. The summed E-state index contributed by atoms with van der Waals surface area (Å²) in [7, 11) is -6.62. The van der Waals surface area contributed by atoms with E-state index in [4.69, 9.17) is 0 Å². The fraction of sp³-hybridized carbons (Fsp3) is 0.667. The van der Waals surface area contributed by atoms with E-state index >= 15 is 0 Å². The van der Waals surface area contributed by atoms with E-state index in [9.17, 15) is 83.5 Å². The lowest BCUT2D eigenvalue weighted by Gasteiger charge is -2.18. The van der Waals surface area contributed by atoms with E-state index < -0.39 is 69.6 Å². The van der Waals surface area contributed by atoms with Crippen molar-refractivity contribution in [1.29, 1.82) is 0 Å². The van der Waals surface area contributed by atoms with Gasteiger partial charge in [0.25, 0.3) is 0 Å². The number of carbonyl (C=O) groups excluding carboxylic acids is 1. The highest BCUT2D eigenvalue weighted by atomic mass is 32.2. The molecule has 1 N–H and O–H groups in total. The fourth-order valence-corrected chi connectivity index (χ4v) is 2.01. The first kappa shape index (κ1) is 32.5. The average molecular weight is 578 g/mol. The zero-order valence-electron chi connectivity index (χ0n) is 15.7. The van der Waals surface area contributed by atoms with E-state index in [1.807, 2.05) is 0 Å². The number of nitrogens with one attached hydrogen (secondary N) is 1. The third kappa shape index (κ3) is 9.23. The maximum Gasteiger partial charge on any atom is 0.516 e. The van der Waals surface area contributed by atoms with Gasteiger partial charge in [0.05, 0.1) is 0 Å². The summed E-state index contributed by atoms with van der Waals surface area (Å²) in [5.74, 6) is -14.9. The highest BCUT2D eigenvalue weighted by Gasteiger charge is 2.65. The van der Waals surface area contributed by atoms with Crippen molar-refractivity contribution in [3.05, 3.63) is 18.7 Å². The SMILES string of the molecule is FC(F)(F)Cn1cc[n+](CC(F)(F)C(F)(F)F)c1.O=C(NS(=O)(=O)C(F)(F)F)C(F)(F)C(F)(F)F. The lowest BCUT2D eigenvalue weighted by molar-refractivity contribution is -0.719. The molecule has 0 aliphatic heterocycles. The number of halogens is 16. The Bertz CT molecular complexity index is 971. The van der Waals surface area contributed by atoms with E-state index in [0.29, 0.717) is 21.7 Å². The number of imidazole rings is 1. The van der Waals surface area contributed by atoms with Gasteiger partial charge in [-0.2, -0.15) is 78.7 Å². The Morgan fingerprint density at radius 2 is 1.26 bits per heavy atom. The van der Waals surface area contributed by atoms with Gasteiger partial charge in [0.2, 0.25) is 6.33 Å². The molecule has 0 saturated carbocycles. The highest BCUT2D eigenvalue weighted by Crippen LogP contribution is 2.36. The Labute approximate surface area is 182 Å². The Morgan fingerprint density at radius 1 is 0.800 bits per heavy atom. The first-order valence-electron chi connectivity index (χ1n) is 7.68. The fourth-order valence-electron chi connectivity index (χ4n) is 1.52. The summed E-state index contributed by atoms with van der Waals surface area (Å²) >= 11 is 0. The van der Waals surface area contributed by atoms with Gasteiger partial charge in [0, 0.05) is 0 Å². The number of alkyl halides is 16. The van der Waals surface area contributed by atoms with Gasteiger partial charge in [-0.3, -0.25) is 4.79 Å². The van der Waals surface area contributed by atoms with Crippen LogP contribution in [-0.2, 0) is 27.9 Å². The Balaban J connectivity index is 0.000000662. The second-order valence-corrected chi connectivity index (χ2v) is 7.70. The van der Waals surface area contributed by atoms with Crippen molar-refractivity contribution >= 4 is 15.9 Å². The summed E-state index contributed by atoms with van der Waals surface area (Å²) < 4.78 is 210. The molecule has 23 heteroatoms. The molecule has 0 unspecified atom stereocenters. The Morgan fingerprint density at radius 3 is 1.60 bits per heavy atom. The maximum atomic E-state index is 12.6. The highest BCUT2D eigenvalue weighted by molar-refractivity contribution is 7.90. The summed E-state index contributed by atoms with van der Waals surface area (Å²) in [5.41, 5.74) is -6.19. The minimum absolute atomic E-state index is 0.346. The zero-order valence-corrected chi connectivity index (χ0v) is 16.5. The van der Waals surface area contributed by atoms with Gasteiger partial charge in [0.1, 0.15) is 12.4 Å². The van der Waals surface area contributed by atoms with Crippen LogP contribution in [0.1, 0.15) is 0 Å². The van der Waals surface area contributed by atoms with Gasteiger partial charge < -0.3 is 0 Å². The van der Waals surface area contributed by atoms with Crippen molar-refractivity contribution in [3.63, 3.8) is 0 Å². The molecule has 0 atom stereocenters. The molecular formula is C12H8F16N3O3S+. The van der Waals surface area contributed by atoms with Crippen LogP contribution in [0.4, 0.5) is 70.2 Å². The topological polar surface area (TPSA) is 72.0 Å². The molecule has 0 fully saturated rings. The third-order valence-corrected chi connectivity index (χ3v) is 4.14. The lowest BCUT2D eigenvalue weighted by atomic mass is 10.3. The summed E-state index contributed by atoms with van der Waals surface area (Å²) in [4.78, 5) is 10.1. The van der Waals surface area contributed by atoms with Crippen LogP contribution in [0, 0.1) is 0 Å². The molecule has 1 heterocycles. The molecule has 206 valence electrons. The first-order valence-corrected chi connectivity index (χ1v) is 9.16. The molecule has 0 aromatic carbocycles. The molecule has 0 spiro atoms. The van der Waals surface area contributed by atoms with Crippen molar-refractivity contribution in [2.75, 3.05) is 0 Å². The zero-order chi connectivity index (χ0) is 28.5. The Kier molecular flexibility index (Phi) is 9.17. The standard InChI is InChI=1S/C8H7F8N2.C4HF8NO3S/c9-6(10,8(14,15)16)3-17-1-2-18(5-17)4-7(11,12)13;5-2(6,3(7,8)9)1(14)13-17(15,16)4(10,11)12/h1-2,5H,3-4H2;(H,13,14)/q+1;. The minimum atomic E-state index is -6.62. The molecule has 35 heavy (non-hydrogen) atoms. The van der Waals surface area contributed by atoms with Crippen molar-refractivity contribution in [3.8, 4) is 0 Å². The number of hydrogen-bond donors (Lipinski definition) is 1. The van der Waals surface area contributed by atoms with Crippen molar-refractivity contribution < 1.29 is 88.0 Å². The van der Waals surface area contributed by atoms with Crippen LogP contribution < -0.4 is 9.29 Å². The molecule has 0 aliphatic carbocycles. The van der Waals surface area contributed by atoms with E-state index in [1.165, 1.54) is 0 Å². The number of aromatic nitrogens is 2. The molecule has 6 nitrogen and oxygen atoms in total. The van der Waals surface area contributed by atoms with Crippen molar-refractivity contribution in [2.45, 2.75) is 49.0 Å². The number of hydrogen-bond acceptors (Lipinski definition) is 3. The van der Waals surface area contributed by atoms with E-state index in [0.717, 1.165) is 6.20 Å². The van der Waals surface area contributed by atoms with Crippen LogP contribution in [0.2, 0.25) is 0 Å². The normalized spacial score (nSPS) is 14.3.